The largest absolute Gasteiger partial charge is 0.494 e. The molecule has 35 heavy (non-hydrogen) atoms. The third-order valence-corrected chi connectivity index (χ3v) is 6.28. The average Bonchev–Trinajstić information content (AvgIpc) is 3.54. The first kappa shape index (κ1) is 22.8. The van der Waals surface area contributed by atoms with Crippen LogP contribution in [0.2, 0.25) is 5.02 Å². The molecule has 0 aliphatic rings. The van der Waals surface area contributed by atoms with Gasteiger partial charge in [-0.3, -0.25) is 4.68 Å². The van der Waals surface area contributed by atoms with E-state index in [9.17, 15) is 4.39 Å². The van der Waals surface area contributed by atoms with Crippen LogP contribution in [0.4, 0.5) is 10.2 Å². The normalized spacial score (nSPS) is 12.1. The molecule has 5 aromatic rings. The van der Waals surface area contributed by atoms with Gasteiger partial charge in [0.15, 0.2) is 17.2 Å². The van der Waals surface area contributed by atoms with Crippen molar-refractivity contribution in [2.45, 2.75) is 26.1 Å². The highest BCUT2D eigenvalue weighted by atomic mass is 35.5. The molecular formula is C25H23ClFN7O. The first-order chi connectivity index (χ1) is 17.0. The van der Waals surface area contributed by atoms with Gasteiger partial charge in [-0.15, -0.1) is 0 Å². The van der Waals surface area contributed by atoms with Crippen LogP contribution < -0.4 is 10.1 Å². The van der Waals surface area contributed by atoms with Crippen molar-refractivity contribution in [2.24, 2.45) is 0 Å². The fourth-order valence-electron chi connectivity index (χ4n) is 3.98. The van der Waals surface area contributed by atoms with Crippen molar-refractivity contribution in [3.63, 3.8) is 0 Å². The number of fused-ring (bicyclic) bond motifs is 1. The van der Waals surface area contributed by atoms with Crippen LogP contribution in [0.5, 0.6) is 5.75 Å². The molecule has 8 nitrogen and oxygen atoms in total. The van der Waals surface area contributed by atoms with Crippen LogP contribution in [0.15, 0.2) is 67.4 Å². The summed E-state index contributed by atoms with van der Waals surface area (Å²) in [7, 11) is 1.42. The summed E-state index contributed by atoms with van der Waals surface area (Å²) in [6.45, 7) is 2.91. The molecule has 3 heterocycles. The zero-order chi connectivity index (χ0) is 24.4. The molecule has 0 fully saturated rings. The Kier molecular flexibility index (Phi) is 6.33. The Morgan fingerprint density at radius 1 is 1.11 bits per heavy atom. The standard InChI is InChI=1S/C25H23ClFN7O/c1-16(18-6-4-17(5-7-18)14-33-11-3-10-31-33)34-25-20(13-32-34)24(29-15-30-25)28-12-19-21(26)8-9-22(35-2)23(19)27/h3-11,13,15-16H,12,14H2,1-2H3,(H,28,29,30). The lowest BCUT2D eigenvalue weighted by Crippen LogP contribution is -2.10. The predicted octanol–water partition coefficient (Wildman–Crippen LogP) is 5.09. The number of ether oxygens (including phenoxy) is 1. The smallest absolute Gasteiger partial charge is 0.171 e. The van der Waals surface area contributed by atoms with Gasteiger partial charge in [-0.1, -0.05) is 35.9 Å². The van der Waals surface area contributed by atoms with Gasteiger partial charge in [-0.25, -0.2) is 19.0 Å². The summed E-state index contributed by atoms with van der Waals surface area (Å²) in [5, 5.41) is 13.0. The van der Waals surface area contributed by atoms with Crippen molar-refractivity contribution < 1.29 is 9.13 Å². The van der Waals surface area contributed by atoms with Crippen LogP contribution in [0.1, 0.15) is 29.7 Å². The zero-order valence-corrected chi connectivity index (χ0v) is 19.9. The molecule has 10 heteroatoms. The third-order valence-electron chi connectivity index (χ3n) is 5.93. The Bertz CT molecular complexity index is 1450. The number of halogens is 2. The molecule has 1 unspecified atom stereocenters. The lowest BCUT2D eigenvalue weighted by molar-refractivity contribution is 0.384. The molecule has 0 bridgehead atoms. The summed E-state index contributed by atoms with van der Waals surface area (Å²) in [6, 6.07) is 13.3. The average molecular weight is 492 g/mol. The minimum absolute atomic E-state index is 0.0562. The quantitative estimate of drug-likeness (QED) is 0.325. The van der Waals surface area contributed by atoms with Gasteiger partial charge < -0.3 is 10.1 Å². The first-order valence-electron chi connectivity index (χ1n) is 11.0. The van der Waals surface area contributed by atoms with Gasteiger partial charge in [-0.2, -0.15) is 10.2 Å². The third kappa shape index (κ3) is 4.54. The number of hydrogen-bond donors (Lipinski definition) is 1. The Labute approximate surface area is 206 Å². The summed E-state index contributed by atoms with van der Waals surface area (Å²) < 4.78 is 23.5. The SMILES string of the molecule is COc1ccc(Cl)c(CNc2ncnc3c2cnn3C(C)c2ccc(Cn3cccn3)cc2)c1F. The van der Waals surface area contributed by atoms with Gasteiger partial charge in [0.05, 0.1) is 31.3 Å². The van der Waals surface area contributed by atoms with E-state index in [1.54, 1.807) is 18.5 Å². The lowest BCUT2D eigenvalue weighted by Gasteiger charge is -2.15. The number of rotatable bonds is 8. The molecule has 2 aromatic carbocycles. The Morgan fingerprint density at radius 3 is 2.69 bits per heavy atom. The molecule has 0 aliphatic carbocycles. The highest BCUT2D eigenvalue weighted by Crippen LogP contribution is 2.29. The number of methoxy groups -OCH3 is 1. The Hall–Kier alpha value is -3.98. The van der Waals surface area contributed by atoms with E-state index in [1.807, 2.05) is 21.6 Å². The fourth-order valence-corrected chi connectivity index (χ4v) is 4.19. The van der Waals surface area contributed by atoms with Gasteiger partial charge >= 0.3 is 0 Å². The summed E-state index contributed by atoms with van der Waals surface area (Å²) in [5.74, 6) is 0.177. The monoisotopic (exact) mass is 491 g/mol. The molecule has 3 aromatic heterocycles. The van der Waals surface area contributed by atoms with Crippen LogP contribution in [0.25, 0.3) is 11.0 Å². The van der Waals surface area contributed by atoms with Crippen molar-refractivity contribution >= 4 is 28.5 Å². The van der Waals surface area contributed by atoms with Crippen LogP contribution in [-0.4, -0.2) is 36.6 Å². The van der Waals surface area contributed by atoms with E-state index in [-0.39, 0.29) is 18.3 Å². The molecular weight excluding hydrogens is 469 g/mol. The number of anilines is 1. The predicted molar refractivity (Wildman–Crippen MR) is 132 cm³/mol. The van der Waals surface area contributed by atoms with Gasteiger partial charge in [0.2, 0.25) is 0 Å². The van der Waals surface area contributed by atoms with E-state index in [0.717, 1.165) is 16.5 Å². The molecule has 1 atom stereocenters. The lowest BCUT2D eigenvalue weighted by atomic mass is 10.1. The highest BCUT2D eigenvalue weighted by molar-refractivity contribution is 6.31. The van der Waals surface area contributed by atoms with Crippen molar-refractivity contribution in [1.29, 1.82) is 0 Å². The molecule has 0 spiro atoms. The van der Waals surface area contributed by atoms with Crippen molar-refractivity contribution in [2.75, 3.05) is 12.4 Å². The highest BCUT2D eigenvalue weighted by Gasteiger charge is 2.17. The molecule has 0 saturated heterocycles. The molecule has 1 N–H and O–H groups in total. The van der Waals surface area contributed by atoms with Crippen molar-refractivity contribution in [3.8, 4) is 5.75 Å². The van der Waals surface area contributed by atoms with Crippen LogP contribution >= 0.6 is 11.6 Å². The maximum Gasteiger partial charge on any atom is 0.171 e. The van der Waals surface area contributed by atoms with Crippen LogP contribution in [-0.2, 0) is 13.1 Å². The van der Waals surface area contributed by atoms with Gasteiger partial charge in [0.1, 0.15) is 12.1 Å². The number of nitrogens with one attached hydrogen (secondary N) is 1. The minimum Gasteiger partial charge on any atom is -0.494 e. The van der Waals surface area contributed by atoms with Crippen molar-refractivity contribution in [1.82, 2.24) is 29.5 Å². The van der Waals surface area contributed by atoms with Crippen molar-refractivity contribution in [3.05, 3.63) is 94.9 Å². The molecule has 178 valence electrons. The molecule has 0 aliphatic heterocycles. The molecule has 5 rings (SSSR count). The number of benzene rings is 2. The van der Waals surface area contributed by atoms with Gasteiger partial charge in [-0.05, 0) is 36.2 Å². The second-order valence-electron chi connectivity index (χ2n) is 8.07. The number of hydrogen-bond acceptors (Lipinski definition) is 6. The molecule has 0 amide bonds. The summed E-state index contributed by atoms with van der Waals surface area (Å²) in [4.78, 5) is 8.79. The maximum atomic E-state index is 14.7. The molecule has 0 radical (unpaired) electrons. The second kappa shape index (κ2) is 9.71. The molecule has 0 saturated carbocycles. The number of aromatic nitrogens is 6. The maximum absolute atomic E-state index is 14.7. The van der Waals surface area contributed by atoms with E-state index in [2.05, 4.69) is 56.7 Å². The van der Waals surface area contributed by atoms with E-state index in [1.165, 1.54) is 19.5 Å². The van der Waals surface area contributed by atoms with E-state index in [0.29, 0.717) is 28.6 Å². The topological polar surface area (TPSA) is 82.7 Å². The second-order valence-corrected chi connectivity index (χ2v) is 8.47. The van der Waals surface area contributed by atoms with Crippen LogP contribution in [0.3, 0.4) is 0 Å². The van der Waals surface area contributed by atoms with Gasteiger partial charge in [0, 0.05) is 29.5 Å². The fraction of sp³-hybridized carbons (Fsp3) is 0.200. The van der Waals surface area contributed by atoms with E-state index < -0.39 is 5.82 Å². The Balaban J connectivity index is 1.37. The summed E-state index contributed by atoms with van der Waals surface area (Å²) >= 11 is 6.22. The minimum atomic E-state index is -0.502. The van der Waals surface area contributed by atoms with Gasteiger partial charge in [0.25, 0.3) is 0 Å². The zero-order valence-electron chi connectivity index (χ0n) is 19.2. The Morgan fingerprint density at radius 2 is 1.94 bits per heavy atom. The summed E-state index contributed by atoms with van der Waals surface area (Å²) in [5.41, 5.74) is 3.23. The van der Waals surface area contributed by atoms with Crippen LogP contribution in [0, 0.1) is 5.82 Å². The summed E-state index contributed by atoms with van der Waals surface area (Å²) in [6.07, 6.45) is 6.89. The van der Waals surface area contributed by atoms with E-state index in [4.69, 9.17) is 16.3 Å². The van der Waals surface area contributed by atoms with E-state index >= 15 is 0 Å². The number of nitrogens with zero attached hydrogens (tertiary/aromatic N) is 6. The first-order valence-corrected chi connectivity index (χ1v) is 11.4.